The van der Waals surface area contributed by atoms with Crippen LogP contribution in [0.2, 0.25) is 0 Å². The standard InChI is InChI=1S/C24H34N6O6/c1-14(2)20(24(35)30(28-36)18-10-7-6-8-11-18)27-22(33)19-12-9-13-29(19)23(34)16(4)26-21(32)15(3)25-17(5)31/h6-8,10-11,14-16,19-20H,9,12-13H2,1-5H3,(H,25,31)(H,26,32)(H,27,33)/p+1/t15-,16-,19-,20-/m0/s1. The van der Waals surface area contributed by atoms with Crippen LogP contribution in [0.4, 0.5) is 5.69 Å². The van der Waals surface area contributed by atoms with E-state index in [4.69, 9.17) is 0 Å². The average Bonchev–Trinajstić information content (AvgIpc) is 3.32. The van der Waals surface area contributed by atoms with Crippen LogP contribution >= 0.6 is 0 Å². The van der Waals surface area contributed by atoms with Gasteiger partial charge in [0.2, 0.25) is 23.6 Å². The van der Waals surface area contributed by atoms with Crippen LogP contribution in [0.15, 0.2) is 30.3 Å². The van der Waals surface area contributed by atoms with Crippen molar-refractivity contribution >= 4 is 35.2 Å². The lowest BCUT2D eigenvalue weighted by molar-refractivity contribution is -0.485. The molecule has 5 amide bonds. The van der Waals surface area contributed by atoms with Gasteiger partial charge in [-0.25, -0.2) is 0 Å². The molecule has 36 heavy (non-hydrogen) atoms. The molecule has 1 saturated heterocycles. The van der Waals surface area contributed by atoms with E-state index in [0.29, 0.717) is 25.1 Å². The molecule has 1 aliphatic heterocycles. The average molecular weight is 504 g/mol. The van der Waals surface area contributed by atoms with Crippen molar-refractivity contribution in [1.29, 1.82) is 0 Å². The van der Waals surface area contributed by atoms with Crippen LogP contribution in [-0.4, -0.2) is 65.1 Å². The van der Waals surface area contributed by atoms with Gasteiger partial charge in [-0.2, -0.15) is 0 Å². The summed E-state index contributed by atoms with van der Waals surface area (Å²) in [6, 6.07) is 4.66. The first-order chi connectivity index (χ1) is 17.0. The third-order valence-corrected chi connectivity index (χ3v) is 5.94. The maximum Gasteiger partial charge on any atom is 0.310 e. The summed E-state index contributed by atoms with van der Waals surface area (Å²) in [5.74, 6) is -2.85. The molecular formula is C24H35N6O6+. The van der Waals surface area contributed by atoms with Gasteiger partial charge in [-0.15, -0.1) is 0 Å². The zero-order valence-electron chi connectivity index (χ0n) is 21.2. The molecule has 2 rings (SSSR count). The van der Waals surface area contributed by atoms with E-state index in [9.17, 15) is 28.9 Å². The van der Waals surface area contributed by atoms with E-state index in [-0.39, 0.29) is 11.8 Å². The van der Waals surface area contributed by atoms with Gasteiger partial charge in [0.25, 0.3) is 0 Å². The molecule has 196 valence electrons. The maximum absolute atomic E-state index is 13.2. The Morgan fingerprint density at radius 1 is 0.972 bits per heavy atom. The van der Waals surface area contributed by atoms with E-state index in [1.165, 1.54) is 25.7 Å². The fourth-order valence-corrected chi connectivity index (χ4v) is 4.03. The molecule has 0 aliphatic carbocycles. The predicted molar refractivity (Wildman–Crippen MR) is 131 cm³/mol. The van der Waals surface area contributed by atoms with Crippen molar-refractivity contribution in [2.45, 2.75) is 71.6 Å². The van der Waals surface area contributed by atoms with Crippen molar-refractivity contribution in [2.24, 2.45) is 5.92 Å². The molecule has 1 aromatic rings. The molecule has 1 aliphatic rings. The third kappa shape index (κ3) is 7.09. The predicted octanol–water partition coefficient (Wildman–Crippen LogP) is -1.06. The lowest BCUT2D eigenvalue weighted by atomic mass is 10.0. The number of anilines is 1. The Morgan fingerprint density at radius 3 is 2.17 bits per heavy atom. The number of hydrogen-bond donors (Lipinski definition) is 4. The number of rotatable bonds is 10. The first-order valence-electron chi connectivity index (χ1n) is 11.9. The lowest BCUT2D eigenvalue weighted by Crippen LogP contribution is -2.82. The smallest absolute Gasteiger partial charge is 0.310 e. The highest BCUT2D eigenvalue weighted by atomic mass is 16.3. The number of likely N-dealkylation sites (tertiary alicyclic amines) is 1. The van der Waals surface area contributed by atoms with Gasteiger partial charge in [0.1, 0.15) is 35.1 Å². The molecule has 0 spiro atoms. The van der Waals surface area contributed by atoms with Gasteiger partial charge in [-0.3, -0.25) is 24.0 Å². The quantitative estimate of drug-likeness (QED) is 0.298. The second kappa shape index (κ2) is 12.8. The van der Waals surface area contributed by atoms with Gasteiger partial charge in [-0.1, -0.05) is 32.0 Å². The minimum absolute atomic E-state index is 0.316. The minimum atomic E-state index is -1.02. The van der Waals surface area contributed by atoms with Gasteiger partial charge < -0.3 is 20.9 Å². The Kier molecular flexibility index (Phi) is 10.1. The molecule has 0 unspecified atom stereocenters. The normalized spacial score (nSPS) is 17.5. The highest BCUT2D eigenvalue weighted by Gasteiger charge is 2.40. The Hall–Kier alpha value is -3.83. The molecule has 0 saturated carbocycles. The molecule has 12 heteroatoms. The monoisotopic (exact) mass is 503 g/mol. The summed E-state index contributed by atoms with van der Waals surface area (Å²) >= 11 is 0. The Labute approximate surface area is 210 Å². The summed E-state index contributed by atoms with van der Waals surface area (Å²) in [5, 5.41) is 10.2. The van der Waals surface area contributed by atoms with Crippen LogP contribution in [0, 0.1) is 10.8 Å². The molecule has 1 heterocycles. The number of hydrazine groups is 1. The zero-order chi connectivity index (χ0) is 27.0. The Bertz CT molecular complexity index is 985. The number of amides is 5. The molecule has 4 atom stereocenters. The molecule has 1 fully saturated rings. The van der Waals surface area contributed by atoms with Crippen molar-refractivity contribution < 1.29 is 29.3 Å². The van der Waals surface area contributed by atoms with Crippen LogP contribution in [0.3, 0.4) is 0 Å². The second-order valence-corrected chi connectivity index (χ2v) is 9.17. The van der Waals surface area contributed by atoms with E-state index < -0.39 is 47.8 Å². The maximum atomic E-state index is 13.2. The molecule has 1 aromatic carbocycles. The summed E-state index contributed by atoms with van der Waals surface area (Å²) in [4.78, 5) is 75.8. The third-order valence-electron chi connectivity index (χ3n) is 5.94. The van der Waals surface area contributed by atoms with E-state index in [1.54, 1.807) is 49.5 Å². The van der Waals surface area contributed by atoms with Gasteiger partial charge in [0.05, 0.1) is 0 Å². The van der Waals surface area contributed by atoms with Crippen LogP contribution in [0.25, 0.3) is 0 Å². The van der Waals surface area contributed by atoms with Crippen LogP contribution < -0.4 is 26.2 Å². The zero-order valence-corrected chi connectivity index (χ0v) is 21.2. The van der Waals surface area contributed by atoms with Crippen molar-refractivity contribution in [2.75, 3.05) is 11.6 Å². The van der Waals surface area contributed by atoms with Crippen LogP contribution in [0.5, 0.6) is 0 Å². The number of nitrogens with zero attached hydrogens (tertiary/aromatic N) is 2. The highest BCUT2D eigenvalue weighted by Crippen LogP contribution is 2.20. The second-order valence-electron chi connectivity index (χ2n) is 9.17. The number of benzene rings is 1. The summed E-state index contributed by atoms with van der Waals surface area (Å²) in [6.45, 7) is 8.08. The number of nitrogens with one attached hydrogen (secondary N) is 4. The summed E-state index contributed by atoms with van der Waals surface area (Å²) in [5.41, 5.74) is 0.327. The van der Waals surface area contributed by atoms with E-state index in [1.807, 2.05) is 0 Å². The van der Waals surface area contributed by atoms with E-state index in [2.05, 4.69) is 16.0 Å². The Morgan fingerprint density at radius 2 is 1.61 bits per heavy atom. The molecule has 0 bridgehead atoms. The Balaban J connectivity index is 2.10. The van der Waals surface area contributed by atoms with Crippen molar-refractivity contribution in [3.63, 3.8) is 0 Å². The van der Waals surface area contributed by atoms with Gasteiger partial charge in [-0.05, 0) is 49.7 Å². The van der Waals surface area contributed by atoms with E-state index in [0.717, 1.165) is 5.01 Å². The number of para-hydroxylation sites is 1. The molecular weight excluding hydrogens is 468 g/mol. The summed E-state index contributed by atoms with van der Waals surface area (Å²) < 4.78 is 0. The van der Waals surface area contributed by atoms with Crippen LogP contribution in [0.1, 0.15) is 47.5 Å². The molecule has 4 N–H and O–H groups in total. The van der Waals surface area contributed by atoms with Crippen molar-refractivity contribution in [3.05, 3.63) is 35.2 Å². The van der Waals surface area contributed by atoms with E-state index >= 15 is 0 Å². The topological polar surface area (TPSA) is 159 Å². The number of nitroso groups, excluding NO2 is 1. The first-order valence-corrected chi connectivity index (χ1v) is 11.9. The summed E-state index contributed by atoms with van der Waals surface area (Å²) in [7, 11) is 0. The molecule has 0 aromatic heterocycles. The highest BCUT2D eigenvalue weighted by molar-refractivity contribution is 5.99. The first kappa shape index (κ1) is 28.4. The van der Waals surface area contributed by atoms with Gasteiger partial charge >= 0.3 is 5.91 Å². The lowest BCUT2D eigenvalue weighted by Gasteiger charge is -2.30. The van der Waals surface area contributed by atoms with Gasteiger partial charge in [0.15, 0.2) is 0 Å². The fraction of sp³-hybridized carbons (Fsp3) is 0.542. The summed E-state index contributed by atoms with van der Waals surface area (Å²) in [6.07, 6.45) is 0.965. The van der Waals surface area contributed by atoms with Crippen molar-refractivity contribution in [1.82, 2.24) is 20.9 Å². The molecule has 0 radical (unpaired) electrons. The van der Waals surface area contributed by atoms with Crippen LogP contribution in [-0.2, 0) is 24.0 Å². The SMILES string of the molecule is CC(=O)N[C@@H](C)C(=O)N[C@@H](C)C(=O)N1CCC[C@H]1C(=O)N[C@H](C(=O)N([NH+]=O)c1ccccc1)C(C)C. The van der Waals surface area contributed by atoms with Gasteiger partial charge in [0, 0.05) is 18.4 Å². The van der Waals surface area contributed by atoms with Crippen molar-refractivity contribution in [3.8, 4) is 0 Å². The number of carbonyl (C=O) groups excluding carboxylic acids is 5. The minimum Gasteiger partial charge on any atom is -0.345 e. The number of hydrogen-bond acceptors (Lipinski definition) is 6. The fourth-order valence-electron chi connectivity index (χ4n) is 4.03. The molecule has 12 nitrogen and oxygen atoms in total. The number of carbonyl (C=O) groups is 5. The largest absolute Gasteiger partial charge is 0.345 e.